The molecule has 38 heavy (non-hydrogen) atoms. The van der Waals surface area contributed by atoms with Gasteiger partial charge < -0.3 is 19.2 Å². The van der Waals surface area contributed by atoms with Crippen molar-refractivity contribution in [1.29, 1.82) is 0 Å². The highest BCUT2D eigenvalue weighted by Gasteiger charge is 2.35. The number of H-pyrrole nitrogens is 1. The first-order valence-corrected chi connectivity index (χ1v) is 12.8. The Hall–Kier alpha value is -4.25. The number of esters is 1. The van der Waals surface area contributed by atoms with E-state index >= 15 is 0 Å². The fourth-order valence-electron chi connectivity index (χ4n) is 5.24. The summed E-state index contributed by atoms with van der Waals surface area (Å²) in [5, 5.41) is 13.5. The molecule has 4 aromatic rings. The third-order valence-electron chi connectivity index (χ3n) is 7.15. The smallest absolute Gasteiger partial charge is 0.309 e. The van der Waals surface area contributed by atoms with Gasteiger partial charge in [-0.1, -0.05) is 30.3 Å². The Bertz CT molecular complexity index is 1510. The number of likely N-dealkylation sites (tertiary alicyclic amines) is 1. The van der Waals surface area contributed by atoms with Crippen LogP contribution in [0.2, 0.25) is 0 Å². The van der Waals surface area contributed by atoms with Crippen LogP contribution in [0.15, 0.2) is 53.3 Å². The third kappa shape index (κ3) is 4.60. The standard InChI is InChI=1S/C27H28N6O5/c1-2-36-27(35)18-8-10-32(11-9-18)24(25-29-30-31-33(25)15-17-6-4-3-5-7-17)20-12-19-13-22-23(38-16-37-22)14-21(19)28-26(20)34/h3-7,12-14,18,24H,2,8-11,15-16H2,1H3,(H,28,34)/t24-/m1/s1. The van der Waals surface area contributed by atoms with E-state index in [2.05, 4.69) is 25.4 Å². The monoisotopic (exact) mass is 516 g/mol. The SMILES string of the molecule is CCOC(=O)C1CCN([C@H](c2cc3cc4c(cc3[nH]c2=O)OCO4)c2nnnn2Cc2ccccc2)CC1. The van der Waals surface area contributed by atoms with Gasteiger partial charge >= 0.3 is 5.97 Å². The van der Waals surface area contributed by atoms with Gasteiger partial charge in [0, 0.05) is 30.1 Å². The number of fused-ring (bicyclic) bond motifs is 2. The summed E-state index contributed by atoms with van der Waals surface area (Å²) in [6.45, 7) is 3.96. The van der Waals surface area contributed by atoms with Crippen LogP contribution in [0, 0.1) is 5.92 Å². The maximum atomic E-state index is 13.5. The van der Waals surface area contributed by atoms with Crippen LogP contribution in [-0.4, -0.2) is 62.5 Å². The van der Waals surface area contributed by atoms with E-state index in [-0.39, 0.29) is 24.2 Å². The Labute approximate surface area is 218 Å². The zero-order chi connectivity index (χ0) is 26.1. The average Bonchev–Trinajstić information content (AvgIpc) is 3.58. The average molecular weight is 517 g/mol. The van der Waals surface area contributed by atoms with Crippen molar-refractivity contribution in [2.45, 2.75) is 32.4 Å². The number of hydrogen-bond acceptors (Lipinski definition) is 9. The van der Waals surface area contributed by atoms with Crippen LogP contribution < -0.4 is 15.0 Å². The van der Waals surface area contributed by atoms with Crippen LogP contribution in [0.5, 0.6) is 11.5 Å². The van der Waals surface area contributed by atoms with Crippen LogP contribution in [-0.2, 0) is 16.1 Å². The van der Waals surface area contributed by atoms with E-state index in [1.165, 1.54) is 0 Å². The maximum absolute atomic E-state index is 13.5. The highest BCUT2D eigenvalue weighted by molar-refractivity contribution is 5.83. The molecule has 6 rings (SSSR count). The molecule has 0 spiro atoms. The zero-order valence-electron chi connectivity index (χ0n) is 21.0. The van der Waals surface area contributed by atoms with Crippen molar-refractivity contribution in [3.05, 3.63) is 75.8 Å². The second kappa shape index (κ2) is 10.3. The second-order valence-electron chi connectivity index (χ2n) is 9.49. The van der Waals surface area contributed by atoms with Crippen LogP contribution in [0.3, 0.4) is 0 Å². The molecule has 0 bridgehead atoms. The Morgan fingerprint density at radius 1 is 1.13 bits per heavy atom. The number of tetrazole rings is 1. The van der Waals surface area contributed by atoms with Crippen molar-refractivity contribution in [3.63, 3.8) is 0 Å². The molecule has 0 radical (unpaired) electrons. The molecule has 0 aliphatic carbocycles. The number of nitrogens with one attached hydrogen (secondary N) is 1. The highest BCUT2D eigenvalue weighted by Crippen LogP contribution is 2.37. The molecule has 1 saturated heterocycles. The predicted molar refractivity (Wildman–Crippen MR) is 137 cm³/mol. The number of pyridine rings is 1. The second-order valence-corrected chi connectivity index (χ2v) is 9.49. The molecule has 1 N–H and O–H groups in total. The van der Waals surface area contributed by atoms with Crippen molar-refractivity contribution in [1.82, 2.24) is 30.1 Å². The van der Waals surface area contributed by atoms with E-state index < -0.39 is 6.04 Å². The number of carbonyl (C=O) groups is 1. The summed E-state index contributed by atoms with van der Waals surface area (Å²) < 4.78 is 18.0. The summed E-state index contributed by atoms with van der Waals surface area (Å²) >= 11 is 0. The van der Waals surface area contributed by atoms with Crippen LogP contribution in [0.1, 0.15) is 42.8 Å². The summed E-state index contributed by atoms with van der Waals surface area (Å²) in [5.41, 5.74) is 1.99. The number of hydrogen-bond donors (Lipinski definition) is 1. The van der Waals surface area contributed by atoms with Gasteiger partial charge in [-0.2, -0.15) is 0 Å². The molecule has 11 heteroatoms. The fraction of sp³-hybridized carbons (Fsp3) is 0.370. The molecular formula is C27H28N6O5. The number of aromatic amines is 1. The minimum absolute atomic E-state index is 0.148. The molecule has 1 fully saturated rings. The molecule has 2 aliphatic rings. The zero-order valence-corrected chi connectivity index (χ0v) is 21.0. The summed E-state index contributed by atoms with van der Waals surface area (Å²) in [7, 11) is 0. The van der Waals surface area contributed by atoms with Gasteiger partial charge in [-0.15, -0.1) is 5.10 Å². The summed E-state index contributed by atoms with van der Waals surface area (Å²) in [6, 6.07) is 14.9. The third-order valence-corrected chi connectivity index (χ3v) is 7.15. The molecule has 2 aliphatic heterocycles. The molecule has 0 saturated carbocycles. The number of aromatic nitrogens is 5. The number of ether oxygens (including phenoxy) is 3. The molecule has 0 amide bonds. The van der Waals surface area contributed by atoms with Gasteiger partial charge in [0.2, 0.25) is 6.79 Å². The Morgan fingerprint density at radius 2 is 1.89 bits per heavy atom. The van der Waals surface area contributed by atoms with Crippen LogP contribution in [0.25, 0.3) is 10.9 Å². The van der Waals surface area contributed by atoms with Gasteiger partial charge in [0.05, 0.1) is 24.6 Å². The molecule has 2 aromatic heterocycles. The van der Waals surface area contributed by atoms with Crippen LogP contribution >= 0.6 is 0 Å². The first-order valence-electron chi connectivity index (χ1n) is 12.8. The quantitative estimate of drug-likeness (QED) is 0.369. The van der Waals surface area contributed by atoms with Gasteiger partial charge in [-0.05, 0) is 47.9 Å². The molecule has 1 atom stereocenters. The molecule has 0 unspecified atom stereocenters. The Morgan fingerprint density at radius 3 is 2.66 bits per heavy atom. The molecule has 2 aromatic carbocycles. The lowest BCUT2D eigenvalue weighted by molar-refractivity contribution is -0.149. The van der Waals surface area contributed by atoms with Crippen molar-refractivity contribution >= 4 is 16.9 Å². The lowest BCUT2D eigenvalue weighted by atomic mass is 9.94. The first-order chi connectivity index (χ1) is 18.6. The topological polar surface area (TPSA) is 124 Å². The van der Waals surface area contributed by atoms with Gasteiger partial charge in [-0.3, -0.25) is 14.5 Å². The number of rotatable bonds is 7. The minimum atomic E-state index is -0.518. The van der Waals surface area contributed by atoms with Gasteiger partial charge in [0.25, 0.3) is 5.56 Å². The number of nitrogens with zero attached hydrogens (tertiary/aromatic N) is 5. The summed E-state index contributed by atoms with van der Waals surface area (Å²) in [4.78, 5) is 31.1. The van der Waals surface area contributed by atoms with E-state index in [4.69, 9.17) is 14.2 Å². The minimum Gasteiger partial charge on any atom is -0.466 e. The fourth-order valence-corrected chi connectivity index (χ4v) is 5.24. The van der Waals surface area contributed by atoms with E-state index in [0.717, 1.165) is 10.9 Å². The molecular weight excluding hydrogens is 488 g/mol. The number of benzene rings is 2. The van der Waals surface area contributed by atoms with Crippen molar-refractivity contribution in [3.8, 4) is 11.5 Å². The maximum Gasteiger partial charge on any atom is 0.309 e. The van der Waals surface area contributed by atoms with Crippen LogP contribution in [0.4, 0.5) is 0 Å². The Balaban J connectivity index is 1.40. The van der Waals surface area contributed by atoms with Crippen molar-refractivity contribution in [2.24, 2.45) is 5.92 Å². The Kier molecular flexibility index (Phi) is 6.50. The van der Waals surface area contributed by atoms with Gasteiger partial charge in [0.15, 0.2) is 17.3 Å². The molecule has 196 valence electrons. The highest BCUT2D eigenvalue weighted by atomic mass is 16.7. The van der Waals surface area contributed by atoms with E-state index in [1.54, 1.807) is 10.7 Å². The van der Waals surface area contributed by atoms with Gasteiger partial charge in [0.1, 0.15) is 6.04 Å². The summed E-state index contributed by atoms with van der Waals surface area (Å²) in [5.74, 6) is 1.47. The van der Waals surface area contributed by atoms with E-state index in [1.807, 2.05) is 49.4 Å². The van der Waals surface area contributed by atoms with Crippen molar-refractivity contribution in [2.75, 3.05) is 26.5 Å². The normalized spacial score (nSPS) is 16.6. The van der Waals surface area contributed by atoms with Crippen molar-refractivity contribution < 1.29 is 19.0 Å². The lowest BCUT2D eigenvalue weighted by Crippen LogP contribution is -2.42. The number of carbonyl (C=O) groups excluding carboxylic acids is 1. The number of piperidine rings is 1. The largest absolute Gasteiger partial charge is 0.466 e. The molecule has 11 nitrogen and oxygen atoms in total. The van der Waals surface area contributed by atoms with Gasteiger partial charge in [-0.25, -0.2) is 4.68 Å². The first kappa shape index (κ1) is 24.1. The summed E-state index contributed by atoms with van der Waals surface area (Å²) in [6.07, 6.45) is 1.25. The molecule has 4 heterocycles. The van der Waals surface area contributed by atoms with E-state index in [9.17, 15) is 9.59 Å². The van der Waals surface area contributed by atoms with E-state index in [0.29, 0.717) is 67.5 Å². The lowest BCUT2D eigenvalue weighted by Gasteiger charge is -2.36. The predicted octanol–water partition coefficient (Wildman–Crippen LogP) is 2.66.